The number of urea groups is 1. The second-order valence-electron chi connectivity index (χ2n) is 3.10. The summed E-state index contributed by atoms with van der Waals surface area (Å²) >= 11 is 1.57. The van der Waals surface area contributed by atoms with Crippen molar-refractivity contribution >= 4 is 22.4 Å². The van der Waals surface area contributed by atoms with Gasteiger partial charge in [0.1, 0.15) is 11.2 Å². The molecule has 0 aliphatic carbocycles. The molecule has 0 bridgehead atoms. The van der Waals surface area contributed by atoms with Crippen molar-refractivity contribution in [3.63, 3.8) is 0 Å². The van der Waals surface area contributed by atoms with E-state index in [9.17, 15) is 4.79 Å². The summed E-state index contributed by atoms with van der Waals surface area (Å²) in [5, 5.41) is 6.25. The van der Waals surface area contributed by atoms with Crippen molar-refractivity contribution in [3.05, 3.63) is 16.0 Å². The van der Waals surface area contributed by atoms with Crippen LogP contribution < -0.4 is 16.4 Å². The van der Waals surface area contributed by atoms with Gasteiger partial charge in [-0.1, -0.05) is 0 Å². The smallest absolute Gasteiger partial charge is 0.318 e. The van der Waals surface area contributed by atoms with Crippen molar-refractivity contribution in [1.29, 1.82) is 0 Å². The number of aryl methyl sites for hydroxylation is 1. The number of amides is 2. The molecular formula is C8H11N3OS. The highest BCUT2D eigenvalue weighted by atomic mass is 32.1. The average Bonchev–Trinajstić information content (AvgIpc) is 2.27. The Morgan fingerprint density at radius 3 is 2.85 bits per heavy atom. The molecule has 4 N–H and O–H groups in total. The van der Waals surface area contributed by atoms with Gasteiger partial charge >= 0.3 is 6.03 Å². The molecule has 0 fully saturated rings. The van der Waals surface area contributed by atoms with Crippen LogP contribution in [0.15, 0.2) is 0 Å². The molecule has 1 aromatic heterocycles. The summed E-state index contributed by atoms with van der Waals surface area (Å²) < 4.78 is 0. The molecule has 13 heavy (non-hydrogen) atoms. The molecule has 1 atom stereocenters. The molecule has 5 heteroatoms. The van der Waals surface area contributed by atoms with Gasteiger partial charge in [-0.25, -0.2) is 4.79 Å². The summed E-state index contributed by atoms with van der Waals surface area (Å²) in [4.78, 5) is 12.3. The number of hydrogen-bond acceptors (Lipinski definition) is 3. The van der Waals surface area contributed by atoms with E-state index in [4.69, 9.17) is 5.73 Å². The van der Waals surface area contributed by atoms with Crippen LogP contribution in [-0.2, 0) is 0 Å². The van der Waals surface area contributed by atoms with Gasteiger partial charge in [-0.2, -0.15) is 0 Å². The van der Waals surface area contributed by atoms with Crippen LogP contribution in [0.2, 0.25) is 0 Å². The summed E-state index contributed by atoms with van der Waals surface area (Å²) in [6.45, 7) is 4.04. The highest BCUT2D eigenvalue weighted by molar-refractivity contribution is 7.16. The first-order chi connectivity index (χ1) is 6.09. The maximum atomic E-state index is 11.1. The van der Waals surface area contributed by atoms with Crippen LogP contribution in [0.3, 0.4) is 0 Å². The van der Waals surface area contributed by atoms with E-state index in [0.717, 1.165) is 10.6 Å². The lowest BCUT2D eigenvalue weighted by Gasteiger charge is -2.21. The Morgan fingerprint density at radius 1 is 1.46 bits per heavy atom. The van der Waals surface area contributed by atoms with E-state index in [1.807, 2.05) is 13.8 Å². The zero-order valence-electron chi connectivity index (χ0n) is 7.47. The predicted octanol–water partition coefficient (Wildman–Crippen LogP) is 1.46. The van der Waals surface area contributed by atoms with Gasteiger partial charge < -0.3 is 11.1 Å². The van der Waals surface area contributed by atoms with E-state index in [1.54, 1.807) is 11.3 Å². The molecule has 2 amide bonds. The minimum atomic E-state index is -0.367. The standard InChI is InChI=1S/C8H11N3OS/c1-3-4(2)13-7-5(3)6(9)10-8(12)11-7/h6H,9H2,1-2H3,(H2,10,11,12). The van der Waals surface area contributed by atoms with E-state index in [0.29, 0.717) is 0 Å². The summed E-state index contributed by atoms with van der Waals surface area (Å²) in [6.07, 6.45) is -0.367. The number of nitrogens with one attached hydrogen (secondary N) is 2. The first-order valence-corrected chi connectivity index (χ1v) is 4.84. The van der Waals surface area contributed by atoms with E-state index < -0.39 is 0 Å². The highest BCUT2D eigenvalue weighted by Crippen LogP contribution is 2.36. The lowest BCUT2D eigenvalue weighted by Crippen LogP contribution is -2.41. The molecule has 70 valence electrons. The van der Waals surface area contributed by atoms with Gasteiger partial charge in [-0.15, -0.1) is 11.3 Å². The number of carbonyl (C=O) groups excluding carboxylic acids is 1. The second-order valence-corrected chi connectivity index (χ2v) is 4.33. The average molecular weight is 197 g/mol. The van der Waals surface area contributed by atoms with Crippen molar-refractivity contribution in [2.75, 3.05) is 5.32 Å². The third-order valence-electron chi connectivity index (χ3n) is 2.26. The van der Waals surface area contributed by atoms with Crippen LogP contribution in [0.1, 0.15) is 22.2 Å². The molecule has 1 aromatic rings. The molecule has 1 aliphatic heterocycles. The number of nitrogens with two attached hydrogens (primary N) is 1. The molecule has 1 unspecified atom stereocenters. The molecule has 0 aromatic carbocycles. The Hall–Kier alpha value is -1.07. The highest BCUT2D eigenvalue weighted by Gasteiger charge is 2.25. The quantitative estimate of drug-likeness (QED) is 0.589. The number of hydrogen-bond donors (Lipinski definition) is 3. The maximum absolute atomic E-state index is 11.1. The summed E-state index contributed by atoms with van der Waals surface area (Å²) in [5.41, 5.74) is 7.97. The monoisotopic (exact) mass is 197 g/mol. The molecule has 0 saturated heterocycles. The normalized spacial score (nSPS) is 20.5. The van der Waals surface area contributed by atoms with Crippen LogP contribution in [0.5, 0.6) is 0 Å². The van der Waals surface area contributed by atoms with Crippen LogP contribution in [0, 0.1) is 13.8 Å². The van der Waals surface area contributed by atoms with Crippen LogP contribution in [0.4, 0.5) is 9.80 Å². The van der Waals surface area contributed by atoms with E-state index in [1.165, 1.54) is 10.4 Å². The maximum Gasteiger partial charge on any atom is 0.321 e. The topological polar surface area (TPSA) is 67.1 Å². The van der Waals surface area contributed by atoms with Gasteiger partial charge in [0, 0.05) is 10.4 Å². The Bertz CT molecular complexity index is 372. The summed E-state index contributed by atoms with van der Waals surface area (Å²) in [6, 6.07) is -0.221. The number of anilines is 1. The predicted molar refractivity (Wildman–Crippen MR) is 52.9 cm³/mol. The molecule has 2 rings (SSSR count). The first-order valence-electron chi connectivity index (χ1n) is 4.02. The van der Waals surface area contributed by atoms with Crippen molar-refractivity contribution in [3.8, 4) is 0 Å². The fourth-order valence-corrected chi connectivity index (χ4v) is 2.57. The van der Waals surface area contributed by atoms with Crippen LogP contribution >= 0.6 is 11.3 Å². The third-order valence-corrected chi connectivity index (χ3v) is 3.40. The SMILES string of the molecule is Cc1sc2c(c1C)C(N)NC(=O)N2. The zero-order chi connectivity index (χ0) is 9.59. The minimum Gasteiger partial charge on any atom is -0.318 e. The lowest BCUT2D eigenvalue weighted by atomic mass is 10.1. The van der Waals surface area contributed by atoms with E-state index in [2.05, 4.69) is 10.6 Å². The minimum absolute atomic E-state index is 0.221. The Balaban J connectivity index is 2.55. The Morgan fingerprint density at radius 2 is 2.15 bits per heavy atom. The molecule has 0 spiro atoms. The van der Waals surface area contributed by atoms with Crippen LogP contribution in [-0.4, -0.2) is 6.03 Å². The molecule has 2 heterocycles. The summed E-state index contributed by atoms with van der Waals surface area (Å²) in [7, 11) is 0. The number of thiophene rings is 1. The van der Waals surface area contributed by atoms with Gasteiger partial charge in [0.05, 0.1) is 0 Å². The molecule has 1 aliphatic rings. The Labute approximate surface area is 80.1 Å². The summed E-state index contributed by atoms with van der Waals surface area (Å²) in [5.74, 6) is 0. The van der Waals surface area contributed by atoms with Gasteiger partial charge in [0.25, 0.3) is 0 Å². The fourth-order valence-electron chi connectivity index (χ4n) is 1.46. The number of fused-ring (bicyclic) bond motifs is 1. The fraction of sp³-hybridized carbons (Fsp3) is 0.375. The van der Waals surface area contributed by atoms with Gasteiger partial charge in [-0.3, -0.25) is 5.32 Å². The molecule has 0 radical (unpaired) electrons. The third kappa shape index (κ3) is 1.20. The van der Waals surface area contributed by atoms with E-state index >= 15 is 0 Å². The molecular weight excluding hydrogens is 186 g/mol. The first kappa shape index (κ1) is 8.52. The molecule has 4 nitrogen and oxygen atoms in total. The van der Waals surface area contributed by atoms with E-state index in [-0.39, 0.29) is 12.2 Å². The van der Waals surface area contributed by atoms with Gasteiger partial charge in [0.2, 0.25) is 0 Å². The molecule has 0 saturated carbocycles. The van der Waals surface area contributed by atoms with Crippen LogP contribution in [0.25, 0.3) is 0 Å². The van der Waals surface area contributed by atoms with Crippen molar-refractivity contribution in [2.24, 2.45) is 5.73 Å². The van der Waals surface area contributed by atoms with Gasteiger partial charge in [0.15, 0.2) is 0 Å². The van der Waals surface area contributed by atoms with Gasteiger partial charge in [-0.05, 0) is 19.4 Å². The largest absolute Gasteiger partial charge is 0.321 e. The Kier molecular flexibility index (Phi) is 1.78. The number of rotatable bonds is 0. The zero-order valence-corrected chi connectivity index (χ0v) is 8.29. The van der Waals surface area contributed by atoms with Crippen molar-refractivity contribution in [1.82, 2.24) is 5.32 Å². The second kappa shape index (κ2) is 2.71. The van der Waals surface area contributed by atoms with Crippen molar-refractivity contribution < 1.29 is 4.79 Å². The van der Waals surface area contributed by atoms with Crippen molar-refractivity contribution in [2.45, 2.75) is 20.0 Å². The number of carbonyl (C=O) groups is 1. The lowest BCUT2D eigenvalue weighted by molar-refractivity contribution is 0.247.